The van der Waals surface area contributed by atoms with Crippen LogP contribution in [0, 0.1) is 5.92 Å². The van der Waals surface area contributed by atoms with Crippen molar-refractivity contribution in [2.75, 3.05) is 7.11 Å². The van der Waals surface area contributed by atoms with Crippen LogP contribution in [0.25, 0.3) is 0 Å². The van der Waals surface area contributed by atoms with Gasteiger partial charge in [0.05, 0.1) is 7.11 Å². The molecule has 0 fully saturated rings. The number of nitrogens with two attached hydrogens (primary N) is 1. The molecule has 0 spiro atoms. The van der Waals surface area contributed by atoms with Crippen molar-refractivity contribution in [2.24, 2.45) is 11.7 Å². The minimum absolute atomic E-state index is 0.0491. The van der Waals surface area contributed by atoms with Crippen LogP contribution in [0.1, 0.15) is 31.9 Å². The number of benzene rings is 1. The maximum atomic E-state index is 6.13. The second-order valence-corrected chi connectivity index (χ2v) is 5.04. The van der Waals surface area contributed by atoms with Crippen LogP contribution in [0.4, 0.5) is 0 Å². The van der Waals surface area contributed by atoms with E-state index >= 15 is 0 Å². The molecule has 0 heterocycles. The summed E-state index contributed by atoms with van der Waals surface area (Å²) >= 11 is 3.42. The molecule has 2 N–H and O–H groups in total. The van der Waals surface area contributed by atoms with Gasteiger partial charge in [0, 0.05) is 16.1 Å². The van der Waals surface area contributed by atoms with Gasteiger partial charge in [-0.15, -0.1) is 0 Å². The molecule has 0 aliphatic carbocycles. The number of hydrogen-bond donors (Lipinski definition) is 1. The topological polar surface area (TPSA) is 35.2 Å². The lowest BCUT2D eigenvalue weighted by Crippen LogP contribution is -2.13. The van der Waals surface area contributed by atoms with E-state index in [1.54, 1.807) is 7.11 Å². The van der Waals surface area contributed by atoms with E-state index in [0.29, 0.717) is 5.92 Å². The molecule has 84 valence electrons. The Balaban J connectivity index is 2.92. The first-order chi connectivity index (χ1) is 7.04. The van der Waals surface area contributed by atoms with Crippen molar-refractivity contribution in [1.82, 2.24) is 0 Å². The highest BCUT2D eigenvalue weighted by Gasteiger charge is 2.13. The van der Waals surface area contributed by atoms with Crippen LogP contribution >= 0.6 is 15.9 Å². The monoisotopic (exact) mass is 271 g/mol. The van der Waals surface area contributed by atoms with Gasteiger partial charge in [0.25, 0.3) is 0 Å². The molecule has 1 unspecified atom stereocenters. The van der Waals surface area contributed by atoms with Crippen LogP contribution < -0.4 is 10.5 Å². The Morgan fingerprint density at radius 1 is 1.40 bits per heavy atom. The second-order valence-electron chi connectivity index (χ2n) is 4.12. The van der Waals surface area contributed by atoms with E-state index in [-0.39, 0.29) is 6.04 Å². The third kappa shape index (κ3) is 3.50. The summed E-state index contributed by atoms with van der Waals surface area (Å²) in [4.78, 5) is 0. The summed E-state index contributed by atoms with van der Waals surface area (Å²) in [6, 6.07) is 6.02. The van der Waals surface area contributed by atoms with E-state index in [4.69, 9.17) is 10.5 Å². The van der Waals surface area contributed by atoms with Gasteiger partial charge in [-0.1, -0.05) is 35.8 Å². The molecule has 3 heteroatoms. The largest absolute Gasteiger partial charge is 0.496 e. The molecule has 1 rings (SSSR count). The van der Waals surface area contributed by atoms with Crippen LogP contribution in [0.3, 0.4) is 0 Å². The fraction of sp³-hybridized carbons (Fsp3) is 0.500. The van der Waals surface area contributed by atoms with Crippen molar-refractivity contribution < 1.29 is 4.74 Å². The number of rotatable bonds is 4. The third-order valence-corrected chi connectivity index (χ3v) is 2.81. The molecule has 0 saturated heterocycles. The van der Waals surface area contributed by atoms with Crippen LogP contribution in [-0.2, 0) is 0 Å². The maximum Gasteiger partial charge on any atom is 0.124 e. The Morgan fingerprint density at radius 2 is 2.07 bits per heavy atom. The standard InChI is InChI=1S/C12H18BrNO/c1-8(2)6-11(14)10-5-4-9(13)7-12(10)15-3/h4-5,7-8,11H,6,14H2,1-3H3. The zero-order chi connectivity index (χ0) is 11.4. The highest BCUT2D eigenvalue weighted by molar-refractivity contribution is 9.10. The highest BCUT2D eigenvalue weighted by atomic mass is 79.9. The summed E-state index contributed by atoms with van der Waals surface area (Å²) in [7, 11) is 1.67. The SMILES string of the molecule is COc1cc(Br)ccc1C(N)CC(C)C. The average Bonchev–Trinajstić information content (AvgIpc) is 2.16. The minimum Gasteiger partial charge on any atom is -0.496 e. The zero-order valence-electron chi connectivity index (χ0n) is 9.46. The van der Waals surface area contributed by atoms with Crippen molar-refractivity contribution in [3.63, 3.8) is 0 Å². The first-order valence-electron chi connectivity index (χ1n) is 5.13. The molecule has 0 radical (unpaired) electrons. The van der Waals surface area contributed by atoms with Gasteiger partial charge in [-0.05, 0) is 24.5 Å². The maximum absolute atomic E-state index is 6.13. The fourth-order valence-electron chi connectivity index (χ4n) is 1.63. The summed E-state index contributed by atoms with van der Waals surface area (Å²) in [6.07, 6.45) is 0.970. The van der Waals surface area contributed by atoms with Gasteiger partial charge in [0.1, 0.15) is 5.75 Å². The first-order valence-corrected chi connectivity index (χ1v) is 5.93. The van der Waals surface area contributed by atoms with Crippen LogP contribution in [0.5, 0.6) is 5.75 Å². The predicted molar refractivity (Wildman–Crippen MR) is 67.1 cm³/mol. The van der Waals surface area contributed by atoms with Crippen molar-refractivity contribution in [2.45, 2.75) is 26.3 Å². The van der Waals surface area contributed by atoms with Crippen molar-refractivity contribution in [3.8, 4) is 5.75 Å². The number of ether oxygens (including phenoxy) is 1. The predicted octanol–water partition coefficient (Wildman–Crippen LogP) is 3.50. The van der Waals surface area contributed by atoms with Crippen molar-refractivity contribution >= 4 is 15.9 Å². The third-order valence-electron chi connectivity index (χ3n) is 2.32. The van der Waals surface area contributed by atoms with Gasteiger partial charge in [-0.2, -0.15) is 0 Å². The summed E-state index contributed by atoms with van der Waals surface area (Å²) in [5, 5.41) is 0. The summed E-state index contributed by atoms with van der Waals surface area (Å²) in [5.41, 5.74) is 7.21. The molecule has 0 aromatic heterocycles. The molecule has 0 saturated carbocycles. The number of hydrogen-bond acceptors (Lipinski definition) is 2. The van der Waals surface area contributed by atoms with E-state index in [1.807, 2.05) is 18.2 Å². The molecule has 15 heavy (non-hydrogen) atoms. The lowest BCUT2D eigenvalue weighted by molar-refractivity contribution is 0.399. The van der Waals surface area contributed by atoms with Gasteiger partial charge in [-0.25, -0.2) is 0 Å². The molecular formula is C12H18BrNO. The summed E-state index contributed by atoms with van der Waals surface area (Å²) < 4.78 is 6.33. The Morgan fingerprint density at radius 3 is 2.60 bits per heavy atom. The van der Waals surface area contributed by atoms with E-state index in [2.05, 4.69) is 29.8 Å². The lowest BCUT2D eigenvalue weighted by Gasteiger charge is -2.17. The quantitative estimate of drug-likeness (QED) is 0.910. The van der Waals surface area contributed by atoms with Gasteiger partial charge in [0.2, 0.25) is 0 Å². The van der Waals surface area contributed by atoms with Gasteiger partial charge in [-0.3, -0.25) is 0 Å². The normalized spacial score (nSPS) is 12.9. The van der Waals surface area contributed by atoms with Gasteiger partial charge in [0.15, 0.2) is 0 Å². The average molecular weight is 272 g/mol. The molecule has 1 aromatic rings. The molecular weight excluding hydrogens is 254 g/mol. The lowest BCUT2D eigenvalue weighted by atomic mass is 9.97. The molecule has 0 bridgehead atoms. The number of methoxy groups -OCH3 is 1. The molecule has 2 nitrogen and oxygen atoms in total. The molecule has 0 aliphatic rings. The Hall–Kier alpha value is -0.540. The van der Waals surface area contributed by atoms with Gasteiger partial charge >= 0.3 is 0 Å². The fourth-order valence-corrected chi connectivity index (χ4v) is 1.97. The van der Waals surface area contributed by atoms with E-state index in [1.165, 1.54) is 0 Å². The summed E-state index contributed by atoms with van der Waals surface area (Å²) in [5.74, 6) is 1.45. The van der Waals surface area contributed by atoms with Crippen LogP contribution in [0.2, 0.25) is 0 Å². The Labute approximate surface area is 99.9 Å². The summed E-state index contributed by atoms with van der Waals surface area (Å²) in [6.45, 7) is 4.34. The van der Waals surface area contributed by atoms with Crippen LogP contribution in [0.15, 0.2) is 22.7 Å². The van der Waals surface area contributed by atoms with E-state index in [0.717, 1.165) is 22.2 Å². The second kappa shape index (κ2) is 5.52. The van der Waals surface area contributed by atoms with Gasteiger partial charge < -0.3 is 10.5 Å². The molecule has 1 atom stereocenters. The Kier molecular flexibility index (Phi) is 4.61. The first kappa shape index (κ1) is 12.5. The van der Waals surface area contributed by atoms with Crippen molar-refractivity contribution in [3.05, 3.63) is 28.2 Å². The van der Waals surface area contributed by atoms with E-state index < -0.39 is 0 Å². The van der Waals surface area contributed by atoms with Crippen LogP contribution in [-0.4, -0.2) is 7.11 Å². The molecule has 1 aromatic carbocycles. The Bertz CT molecular complexity index is 325. The smallest absolute Gasteiger partial charge is 0.124 e. The van der Waals surface area contributed by atoms with Crippen molar-refractivity contribution in [1.29, 1.82) is 0 Å². The van der Waals surface area contributed by atoms with E-state index in [9.17, 15) is 0 Å². The molecule has 0 aliphatic heterocycles. The molecule has 0 amide bonds. The zero-order valence-corrected chi connectivity index (χ0v) is 11.0. The minimum atomic E-state index is 0.0491. The number of halogens is 1. The highest BCUT2D eigenvalue weighted by Crippen LogP contribution is 2.30.